The molecule has 1 heterocycles. The van der Waals surface area contributed by atoms with Crippen LogP contribution in [-0.4, -0.2) is 24.7 Å². The van der Waals surface area contributed by atoms with Crippen LogP contribution in [-0.2, 0) is 6.42 Å². The number of hydrogen-bond donors (Lipinski definition) is 1. The number of hydrogen-bond acceptors (Lipinski definition) is 3. The van der Waals surface area contributed by atoms with Crippen LogP contribution in [0.2, 0.25) is 0 Å². The summed E-state index contributed by atoms with van der Waals surface area (Å²) in [6, 6.07) is 7.01. The molecule has 1 aromatic carbocycles. The number of para-hydroxylation sites is 1. The highest BCUT2D eigenvalue weighted by molar-refractivity contribution is 7.99. The molecule has 19 heavy (non-hydrogen) atoms. The second kappa shape index (κ2) is 6.19. The predicted molar refractivity (Wildman–Crippen MR) is 82.2 cm³/mol. The van der Waals surface area contributed by atoms with Crippen LogP contribution < -0.4 is 10.1 Å². The third-order valence-corrected chi connectivity index (χ3v) is 5.74. The van der Waals surface area contributed by atoms with Gasteiger partial charge in [0.05, 0.1) is 6.61 Å². The van der Waals surface area contributed by atoms with E-state index in [0.29, 0.717) is 6.04 Å². The Bertz CT molecular complexity index is 429. The zero-order valence-electron chi connectivity index (χ0n) is 11.7. The zero-order valence-corrected chi connectivity index (χ0v) is 12.5. The highest BCUT2D eigenvalue weighted by Gasteiger charge is 2.23. The van der Waals surface area contributed by atoms with E-state index in [4.69, 9.17) is 4.74 Å². The molecule has 0 radical (unpaired) electrons. The quantitative estimate of drug-likeness (QED) is 0.889. The van der Waals surface area contributed by atoms with Crippen molar-refractivity contribution in [3.8, 4) is 5.75 Å². The highest BCUT2D eigenvalue weighted by Crippen LogP contribution is 2.37. The Morgan fingerprint density at radius 2 is 2.21 bits per heavy atom. The van der Waals surface area contributed by atoms with E-state index in [9.17, 15) is 0 Å². The normalized spacial score (nSPS) is 20.3. The van der Waals surface area contributed by atoms with Crippen LogP contribution in [0, 0.1) is 0 Å². The van der Waals surface area contributed by atoms with Gasteiger partial charge in [0.1, 0.15) is 5.75 Å². The zero-order chi connectivity index (χ0) is 13.1. The van der Waals surface area contributed by atoms with E-state index in [1.165, 1.54) is 36.8 Å². The number of thioether (sulfide) groups is 1. The van der Waals surface area contributed by atoms with Gasteiger partial charge in [0.25, 0.3) is 0 Å². The SMILES string of the molecule is CNC(CSC1CCCC1)c1cccc2c1OCC2. The van der Waals surface area contributed by atoms with E-state index in [1.54, 1.807) is 0 Å². The van der Waals surface area contributed by atoms with Gasteiger partial charge in [-0.05, 0) is 25.5 Å². The number of fused-ring (bicyclic) bond motifs is 1. The monoisotopic (exact) mass is 277 g/mol. The standard InChI is InChI=1S/C16H23NOS/c1-17-15(11-19-13-6-2-3-7-13)14-8-4-5-12-9-10-18-16(12)14/h4-5,8,13,15,17H,2-3,6-7,9-11H2,1H3. The number of nitrogens with one attached hydrogen (secondary N) is 1. The summed E-state index contributed by atoms with van der Waals surface area (Å²) in [7, 11) is 2.06. The Morgan fingerprint density at radius 1 is 1.37 bits per heavy atom. The molecule has 3 heteroatoms. The molecule has 1 atom stereocenters. The minimum absolute atomic E-state index is 0.415. The maximum absolute atomic E-state index is 5.83. The third-order valence-electron chi connectivity index (χ3n) is 4.27. The minimum atomic E-state index is 0.415. The van der Waals surface area contributed by atoms with Crippen LogP contribution in [0.25, 0.3) is 0 Å². The highest BCUT2D eigenvalue weighted by atomic mass is 32.2. The fraction of sp³-hybridized carbons (Fsp3) is 0.625. The average Bonchev–Trinajstić information content (AvgIpc) is 3.10. The summed E-state index contributed by atoms with van der Waals surface area (Å²) in [4.78, 5) is 0. The summed E-state index contributed by atoms with van der Waals surface area (Å²) in [5.41, 5.74) is 2.73. The molecule has 0 spiro atoms. The lowest BCUT2D eigenvalue weighted by Crippen LogP contribution is -2.20. The third kappa shape index (κ3) is 2.92. The number of ether oxygens (including phenoxy) is 1. The second-order valence-electron chi connectivity index (χ2n) is 5.52. The van der Waals surface area contributed by atoms with Crippen molar-refractivity contribution in [3.05, 3.63) is 29.3 Å². The van der Waals surface area contributed by atoms with E-state index in [2.05, 4.69) is 42.3 Å². The molecule has 1 N–H and O–H groups in total. The first-order chi connectivity index (χ1) is 9.38. The fourth-order valence-corrected chi connectivity index (χ4v) is 4.61. The predicted octanol–water partition coefficient (Wildman–Crippen LogP) is 3.56. The van der Waals surface area contributed by atoms with Gasteiger partial charge in [-0.25, -0.2) is 0 Å². The van der Waals surface area contributed by atoms with Crippen molar-refractivity contribution in [2.24, 2.45) is 0 Å². The lowest BCUT2D eigenvalue weighted by atomic mass is 10.0. The van der Waals surface area contributed by atoms with Crippen LogP contribution in [0.3, 0.4) is 0 Å². The van der Waals surface area contributed by atoms with E-state index in [0.717, 1.165) is 29.8 Å². The van der Waals surface area contributed by atoms with Crippen molar-refractivity contribution in [3.63, 3.8) is 0 Å². The first-order valence-electron chi connectivity index (χ1n) is 7.42. The molecular formula is C16H23NOS. The largest absolute Gasteiger partial charge is 0.493 e. The molecule has 0 aromatic heterocycles. The van der Waals surface area contributed by atoms with Crippen molar-refractivity contribution < 1.29 is 4.74 Å². The van der Waals surface area contributed by atoms with Gasteiger partial charge in [0.2, 0.25) is 0 Å². The molecular weight excluding hydrogens is 254 g/mol. The maximum Gasteiger partial charge on any atom is 0.127 e. The summed E-state index contributed by atoms with van der Waals surface area (Å²) in [6.07, 6.45) is 6.72. The minimum Gasteiger partial charge on any atom is -0.493 e. The summed E-state index contributed by atoms with van der Waals surface area (Å²) in [5, 5.41) is 4.35. The van der Waals surface area contributed by atoms with Gasteiger partial charge in [-0.3, -0.25) is 0 Å². The van der Waals surface area contributed by atoms with Gasteiger partial charge in [-0.15, -0.1) is 0 Å². The van der Waals surface area contributed by atoms with Gasteiger partial charge in [-0.1, -0.05) is 31.0 Å². The van der Waals surface area contributed by atoms with E-state index >= 15 is 0 Å². The van der Waals surface area contributed by atoms with Crippen molar-refractivity contribution in [1.82, 2.24) is 5.32 Å². The molecule has 2 nitrogen and oxygen atoms in total. The maximum atomic E-state index is 5.83. The smallest absolute Gasteiger partial charge is 0.127 e. The average molecular weight is 277 g/mol. The van der Waals surface area contributed by atoms with Gasteiger partial charge < -0.3 is 10.1 Å². The second-order valence-corrected chi connectivity index (χ2v) is 6.85. The van der Waals surface area contributed by atoms with Gasteiger partial charge in [0, 0.05) is 29.0 Å². The molecule has 1 aliphatic heterocycles. The molecule has 1 fully saturated rings. The Balaban J connectivity index is 1.69. The lowest BCUT2D eigenvalue weighted by molar-refractivity contribution is 0.350. The molecule has 0 amide bonds. The Morgan fingerprint density at radius 3 is 3.00 bits per heavy atom. The topological polar surface area (TPSA) is 21.3 Å². The van der Waals surface area contributed by atoms with E-state index < -0.39 is 0 Å². The van der Waals surface area contributed by atoms with Gasteiger partial charge in [-0.2, -0.15) is 11.8 Å². The van der Waals surface area contributed by atoms with Crippen molar-refractivity contribution >= 4 is 11.8 Å². The molecule has 0 saturated heterocycles. The Labute approximate surface area is 120 Å². The number of benzene rings is 1. The first kappa shape index (κ1) is 13.3. The van der Waals surface area contributed by atoms with Crippen LogP contribution >= 0.6 is 11.8 Å². The summed E-state index contributed by atoms with van der Waals surface area (Å²) in [5.74, 6) is 2.30. The molecule has 3 rings (SSSR count). The molecule has 2 aliphatic rings. The summed E-state index contributed by atoms with van der Waals surface area (Å²) >= 11 is 2.14. The Kier molecular flexibility index (Phi) is 4.34. The van der Waals surface area contributed by atoms with Crippen LogP contribution in [0.1, 0.15) is 42.9 Å². The van der Waals surface area contributed by atoms with Crippen LogP contribution in [0.4, 0.5) is 0 Å². The summed E-state index contributed by atoms with van der Waals surface area (Å²) in [6.45, 7) is 0.846. The Hall–Kier alpha value is -0.670. The molecule has 1 unspecified atom stereocenters. The van der Waals surface area contributed by atoms with Gasteiger partial charge in [0.15, 0.2) is 0 Å². The first-order valence-corrected chi connectivity index (χ1v) is 8.47. The molecule has 1 saturated carbocycles. The molecule has 0 bridgehead atoms. The van der Waals surface area contributed by atoms with Crippen molar-refractivity contribution in [2.75, 3.05) is 19.4 Å². The van der Waals surface area contributed by atoms with Crippen molar-refractivity contribution in [1.29, 1.82) is 0 Å². The molecule has 1 aliphatic carbocycles. The van der Waals surface area contributed by atoms with E-state index in [1.807, 2.05) is 0 Å². The van der Waals surface area contributed by atoms with Gasteiger partial charge >= 0.3 is 0 Å². The lowest BCUT2D eigenvalue weighted by Gasteiger charge is -2.20. The summed E-state index contributed by atoms with van der Waals surface area (Å²) < 4.78 is 5.83. The van der Waals surface area contributed by atoms with E-state index in [-0.39, 0.29) is 0 Å². The van der Waals surface area contributed by atoms with Crippen LogP contribution in [0.5, 0.6) is 5.75 Å². The fourth-order valence-electron chi connectivity index (χ4n) is 3.13. The van der Waals surface area contributed by atoms with Crippen LogP contribution in [0.15, 0.2) is 18.2 Å². The molecule has 104 valence electrons. The van der Waals surface area contributed by atoms with Crippen molar-refractivity contribution in [2.45, 2.75) is 43.4 Å². The molecule has 1 aromatic rings. The number of rotatable bonds is 5.